The molecule has 1 amide bonds. The molecule has 1 aromatic rings. The van der Waals surface area contributed by atoms with Crippen molar-refractivity contribution in [1.82, 2.24) is 9.97 Å². The molecule has 0 spiro atoms. The Labute approximate surface area is 98.6 Å². The first-order valence-electron chi connectivity index (χ1n) is 5.02. The Kier molecular flexibility index (Phi) is 4.38. The number of aromatic nitrogens is 2. The number of primary amides is 1. The Hall–Kier alpha value is -2.18. The largest absolute Gasteiger partial charge is 0.464 e. The number of hydrogen-bond donors (Lipinski definition) is 1. The summed E-state index contributed by atoms with van der Waals surface area (Å²) in [5.74, 6) is -0.522. The maximum atomic E-state index is 11.1. The number of nitrogens with two attached hydrogens (primary N) is 1. The molecular weight excluding hydrogens is 224 g/mol. The van der Waals surface area contributed by atoms with Gasteiger partial charge in [0, 0.05) is 6.54 Å². The number of nitrogens with zero attached hydrogens (tertiary/aromatic N) is 3. The van der Waals surface area contributed by atoms with Crippen molar-refractivity contribution in [2.45, 2.75) is 6.92 Å². The number of carbonyl (C=O) groups is 2. The van der Waals surface area contributed by atoms with E-state index < -0.39 is 11.9 Å². The van der Waals surface area contributed by atoms with E-state index in [9.17, 15) is 9.59 Å². The molecule has 0 fully saturated rings. The average Bonchev–Trinajstić information content (AvgIpc) is 2.35. The quantitative estimate of drug-likeness (QED) is 0.699. The van der Waals surface area contributed by atoms with E-state index in [4.69, 9.17) is 5.73 Å². The van der Waals surface area contributed by atoms with Gasteiger partial charge >= 0.3 is 5.97 Å². The van der Waals surface area contributed by atoms with Gasteiger partial charge in [-0.3, -0.25) is 4.79 Å². The van der Waals surface area contributed by atoms with Crippen molar-refractivity contribution in [3.05, 3.63) is 18.1 Å². The number of amides is 1. The van der Waals surface area contributed by atoms with Crippen molar-refractivity contribution in [1.29, 1.82) is 0 Å². The van der Waals surface area contributed by atoms with Crippen molar-refractivity contribution in [2.75, 3.05) is 25.1 Å². The van der Waals surface area contributed by atoms with Crippen LogP contribution in [0.4, 0.5) is 5.82 Å². The molecule has 1 aromatic heterocycles. The van der Waals surface area contributed by atoms with Crippen LogP contribution in [0.25, 0.3) is 0 Å². The van der Waals surface area contributed by atoms with E-state index in [2.05, 4.69) is 14.7 Å². The van der Waals surface area contributed by atoms with E-state index in [0.717, 1.165) is 0 Å². The smallest absolute Gasteiger partial charge is 0.358 e. The summed E-state index contributed by atoms with van der Waals surface area (Å²) in [5, 5.41) is 0. The van der Waals surface area contributed by atoms with Crippen LogP contribution in [-0.2, 0) is 9.53 Å². The number of ether oxygens (including phenoxy) is 1. The summed E-state index contributed by atoms with van der Waals surface area (Å²) >= 11 is 0. The lowest BCUT2D eigenvalue weighted by molar-refractivity contribution is -0.116. The van der Waals surface area contributed by atoms with E-state index in [-0.39, 0.29) is 12.2 Å². The summed E-state index contributed by atoms with van der Waals surface area (Å²) in [6.07, 6.45) is 2.70. The molecule has 0 saturated heterocycles. The predicted octanol–water partition coefficient (Wildman–Crippen LogP) is -0.425. The first-order chi connectivity index (χ1) is 8.08. The third-order valence-electron chi connectivity index (χ3n) is 2.09. The Balaban J connectivity index is 2.84. The third-order valence-corrected chi connectivity index (χ3v) is 2.09. The SMILES string of the molecule is CCN(CC(N)=O)c1cnc(C(=O)OC)cn1. The second-order valence-electron chi connectivity index (χ2n) is 3.23. The molecule has 0 aromatic carbocycles. The highest BCUT2D eigenvalue weighted by Gasteiger charge is 2.12. The molecular formula is C10H14N4O3. The Morgan fingerprint density at radius 1 is 1.41 bits per heavy atom. The van der Waals surface area contributed by atoms with Crippen LogP contribution in [0.2, 0.25) is 0 Å². The van der Waals surface area contributed by atoms with Gasteiger partial charge in [-0.2, -0.15) is 0 Å². The molecule has 17 heavy (non-hydrogen) atoms. The fourth-order valence-corrected chi connectivity index (χ4v) is 1.24. The van der Waals surface area contributed by atoms with E-state index >= 15 is 0 Å². The van der Waals surface area contributed by atoms with Gasteiger partial charge in [0.2, 0.25) is 5.91 Å². The summed E-state index contributed by atoms with van der Waals surface area (Å²) in [6, 6.07) is 0. The Morgan fingerprint density at radius 2 is 2.12 bits per heavy atom. The molecule has 1 rings (SSSR count). The minimum atomic E-state index is -0.554. The zero-order valence-corrected chi connectivity index (χ0v) is 9.71. The molecule has 7 nitrogen and oxygen atoms in total. The molecule has 7 heteroatoms. The van der Waals surface area contributed by atoms with E-state index in [1.165, 1.54) is 19.5 Å². The van der Waals surface area contributed by atoms with E-state index in [1.807, 2.05) is 6.92 Å². The number of rotatable bonds is 5. The molecule has 0 atom stereocenters. The lowest BCUT2D eigenvalue weighted by atomic mass is 10.4. The van der Waals surface area contributed by atoms with Gasteiger partial charge < -0.3 is 15.4 Å². The molecule has 2 N–H and O–H groups in total. The van der Waals surface area contributed by atoms with Crippen LogP contribution in [0.5, 0.6) is 0 Å². The zero-order valence-electron chi connectivity index (χ0n) is 9.71. The number of methoxy groups -OCH3 is 1. The van der Waals surface area contributed by atoms with Gasteiger partial charge in [-0.15, -0.1) is 0 Å². The number of carbonyl (C=O) groups excluding carboxylic acids is 2. The van der Waals surface area contributed by atoms with Crippen LogP contribution < -0.4 is 10.6 Å². The fraction of sp³-hybridized carbons (Fsp3) is 0.400. The third kappa shape index (κ3) is 3.40. The summed E-state index contributed by atoms with van der Waals surface area (Å²) in [4.78, 5) is 31.5. The molecule has 92 valence electrons. The van der Waals surface area contributed by atoms with Gasteiger partial charge in [0.1, 0.15) is 5.82 Å². The number of anilines is 1. The molecule has 0 bridgehead atoms. The zero-order chi connectivity index (χ0) is 12.8. The van der Waals surface area contributed by atoms with Crippen molar-refractivity contribution in [3.63, 3.8) is 0 Å². The molecule has 0 radical (unpaired) electrons. The average molecular weight is 238 g/mol. The Bertz CT molecular complexity index is 405. The second-order valence-corrected chi connectivity index (χ2v) is 3.23. The van der Waals surface area contributed by atoms with Gasteiger partial charge in [-0.05, 0) is 6.92 Å². The second kappa shape index (κ2) is 5.78. The highest BCUT2D eigenvalue weighted by molar-refractivity contribution is 5.86. The van der Waals surface area contributed by atoms with Crippen LogP contribution in [0.1, 0.15) is 17.4 Å². The van der Waals surface area contributed by atoms with Crippen LogP contribution in [0, 0.1) is 0 Å². The molecule has 1 heterocycles. The first kappa shape index (κ1) is 12.9. The predicted molar refractivity (Wildman–Crippen MR) is 60.5 cm³/mol. The number of esters is 1. The first-order valence-corrected chi connectivity index (χ1v) is 5.02. The maximum absolute atomic E-state index is 11.1. The van der Waals surface area contributed by atoms with Gasteiger partial charge in [0.25, 0.3) is 0 Å². The van der Waals surface area contributed by atoms with E-state index in [0.29, 0.717) is 12.4 Å². The summed E-state index contributed by atoms with van der Waals surface area (Å²) in [7, 11) is 1.27. The molecule has 0 aliphatic carbocycles. The number of likely N-dealkylation sites (N-methyl/N-ethyl adjacent to an activating group) is 1. The van der Waals surface area contributed by atoms with Crippen molar-refractivity contribution < 1.29 is 14.3 Å². The molecule has 0 aliphatic heterocycles. The fourth-order valence-electron chi connectivity index (χ4n) is 1.24. The van der Waals surface area contributed by atoms with Crippen LogP contribution >= 0.6 is 0 Å². The van der Waals surface area contributed by atoms with Gasteiger partial charge in [0.05, 0.1) is 26.0 Å². The molecule has 0 unspecified atom stereocenters. The lowest BCUT2D eigenvalue weighted by Gasteiger charge is -2.19. The summed E-state index contributed by atoms with van der Waals surface area (Å²) < 4.78 is 4.50. The van der Waals surface area contributed by atoms with Crippen molar-refractivity contribution >= 4 is 17.7 Å². The lowest BCUT2D eigenvalue weighted by Crippen LogP contribution is -2.34. The van der Waals surface area contributed by atoms with Crippen molar-refractivity contribution in [2.24, 2.45) is 5.73 Å². The van der Waals surface area contributed by atoms with Gasteiger partial charge in [0.15, 0.2) is 5.69 Å². The van der Waals surface area contributed by atoms with Crippen LogP contribution in [0.15, 0.2) is 12.4 Å². The van der Waals surface area contributed by atoms with Gasteiger partial charge in [-0.1, -0.05) is 0 Å². The standard InChI is InChI=1S/C10H14N4O3/c1-3-14(6-8(11)15)9-5-12-7(4-13-9)10(16)17-2/h4-5H,3,6H2,1-2H3,(H2,11,15). The van der Waals surface area contributed by atoms with Crippen LogP contribution in [0.3, 0.4) is 0 Å². The van der Waals surface area contributed by atoms with E-state index in [1.54, 1.807) is 4.90 Å². The minimum absolute atomic E-state index is 0.0583. The molecule has 0 saturated carbocycles. The summed E-state index contributed by atoms with van der Waals surface area (Å²) in [5.41, 5.74) is 5.22. The normalized spacial score (nSPS) is 9.76. The highest BCUT2D eigenvalue weighted by Crippen LogP contribution is 2.08. The Morgan fingerprint density at radius 3 is 2.53 bits per heavy atom. The summed E-state index contributed by atoms with van der Waals surface area (Å²) in [6.45, 7) is 2.48. The topological polar surface area (TPSA) is 98.4 Å². The van der Waals surface area contributed by atoms with Gasteiger partial charge in [-0.25, -0.2) is 14.8 Å². The van der Waals surface area contributed by atoms with Crippen LogP contribution in [-0.4, -0.2) is 42.0 Å². The minimum Gasteiger partial charge on any atom is -0.464 e. The maximum Gasteiger partial charge on any atom is 0.358 e. The monoisotopic (exact) mass is 238 g/mol. The highest BCUT2D eigenvalue weighted by atomic mass is 16.5. The molecule has 0 aliphatic rings. The van der Waals surface area contributed by atoms with Crippen molar-refractivity contribution in [3.8, 4) is 0 Å². The number of hydrogen-bond acceptors (Lipinski definition) is 6.